The van der Waals surface area contributed by atoms with E-state index in [-0.39, 0.29) is 17.4 Å². The smallest absolute Gasteiger partial charge is 0.223 e. The highest BCUT2D eigenvalue weighted by Gasteiger charge is 2.29. The predicted octanol–water partition coefficient (Wildman–Crippen LogP) is 5.32. The van der Waals surface area contributed by atoms with Crippen molar-refractivity contribution in [3.63, 3.8) is 0 Å². The van der Waals surface area contributed by atoms with Gasteiger partial charge in [-0.1, -0.05) is 49.7 Å². The summed E-state index contributed by atoms with van der Waals surface area (Å²) in [6.07, 6.45) is 0.828. The quantitative estimate of drug-likeness (QED) is 0.537. The SMILES string of the molecule is COc1ccc(C2=NOC(CN(Cc3cccc(Cl)c3)C(=O)CC(C)(C)C)C2)cc1OC. The van der Waals surface area contributed by atoms with Gasteiger partial charge in [0.2, 0.25) is 5.91 Å². The molecule has 7 heteroatoms. The van der Waals surface area contributed by atoms with Crippen LogP contribution in [0, 0.1) is 5.41 Å². The molecule has 172 valence electrons. The maximum Gasteiger partial charge on any atom is 0.223 e. The lowest BCUT2D eigenvalue weighted by molar-refractivity contribution is -0.135. The van der Waals surface area contributed by atoms with Crippen molar-refractivity contribution >= 4 is 23.2 Å². The van der Waals surface area contributed by atoms with E-state index >= 15 is 0 Å². The molecule has 0 fully saturated rings. The third-order valence-electron chi connectivity index (χ3n) is 5.17. The van der Waals surface area contributed by atoms with Crippen molar-refractivity contribution < 1.29 is 19.1 Å². The van der Waals surface area contributed by atoms with Gasteiger partial charge in [-0.3, -0.25) is 4.79 Å². The van der Waals surface area contributed by atoms with Crippen LogP contribution in [-0.4, -0.2) is 43.4 Å². The van der Waals surface area contributed by atoms with E-state index in [1.807, 2.05) is 47.4 Å². The Balaban J connectivity index is 1.72. The van der Waals surface area contributed by atoms with Crippen LogP contribution in [0.25, 0.3) is 0 Å². The summed E-state index contributed by atoms with van der Waals surface area (Å²) in [5.74, 6) is 1.38. The molecular weight excluding hydrogens is 428 g/mol. The van der Waals surface area contributed by atoms with Gasteiger partial charge in [-0.15, -0.1) is 0 Å². The molecule has 3 rings (SSSR count). The molecular formula is C25H31ClN2O4. The number of carbonyl (C=O) groups is 1. The summed E-state index contributed by atoms with van der Waals surface area (Å²) in [4.78, 5) is 20.7. The highest BCUT2D eigenvalue weighted by molar-refractivity contribution is 6.30. The molecule has 6 nitrogen and oxygen atoms in total. The fourth-order valence-corrected chi connectivity index (χ4v) is 3.85. The fraction of sp³-hybridized carbons (Fsp3) is 0.440. The molecule has 1 aliphatic heterocycles. The molecule has 1 aliphatic rings. The number of oxime groups is 1. The van der Waals surface area contributed by atoms with Gasteiger partial charge in [0.25, 0.3) is 0 Å². The summed E-state index contributed by atoms with van der Waals surface area (Å²) in [6, 6.07) is 13.3. The Morgan fingerprint density at radius 3 is 2.56 bits per heavy atom. The number of amides is 1. The van der Waals surface area contributed by atoms with E-state index in [1.165, 1.54) is 0 Å². The molecule has 1 heterocycles. The van der Waals surface area contributed by atoms with E-state index in [4.69, 9.17) is 25.9 Å². The number of methoxy groups -OCH3 is 2. The van der Waals surface area contributed by atoms with E-state index in [0.29, 0.717) is 42.5 Å². The van der Waals surface area contributed by atoms with Gasteiger partial charge in [-0.25, -0.2) is 0 Å². The van der Waals surface area contributed by atoms with Crippen molar-refractivity contribution in [3.8, 4) is 11.5 Å². The zero-order chi connectivity index (χ0) is 23.3. The molecule has 2 aromatic carbocycles. The number of hydrogen-bond acceptors (Lipinski definition) is 5. The largest absolute Gasteiger partial charge is 0.493 e. The van der Waals surface area contributed by atoms with Gasteiger partial charge in [0.1, 0.15) is 0 Å². The van der Waals surface area contributed by atoms with Crippen LogP contribution >= 0.6 is 11.6 Å². The first-order valence-electron chi connectivity index (χ1n) is 10.7. The fourth-order valence-electron chi connectivity index (χ4n) is 3.63. The molecule has 0 N–H and O–H groups in total. The van der Waals surface area contributed by atoms with Crippen molar-refractivity contribution in [2.24, 2.45) is 10.6 Å². The summed E-state index contributed by atoms with van der Waals surface area (Å²) in [5, 5.41) is 4.94. The first kappa shape index (κ1) is 23.9. The Morgan fingerprint density at radius 2 is 1.91 bits per heavy atom. The molecule has 0 saturated heterocycles. The Labute approximate surface area is 195 Å². The van der Waals surface area contributed by atoms with Crippen LogP contribution in [0.1, 0.15) is 44.7 Å². The van der Waals surface area contributed by atoms with Gasteiger partial charge in [-0.05, 0) is 41.3 Å². The number of carbonyl (C=O) groups excluding carboxylic acids is 1. The second kappa shape index (κ2) is 10.3. The van der Waals surface area contributed by atoms with Gasteiger partial charge < -0.3 is 19.2 Å². The number of benzene rings is 2. The molecule has 1 unspecified atom stereocenters. The van der Waals surface area contributed by atoms with E-state index in [9.17, 15) is 4.79 Å². The second-order valence-electron chi connectivity index (χ2n) is 9.18. The molecule has 0 aromatic heterocycles. The molecule has 0 saturated carbocycles. The topological polar surface area (TPSA) is 60.4 Å². The van der Waals surface area contributed by atoms with Crippen LogP contribution in [0.3, 0.4) is 0 Å². The molecule has 2 aromatic rings. The average Bonchev–Trinajstić information content (AvgIpc) is 3.20. The summed E-state index contributed by atoms with van der Waals surface area (Å²) in [5.41, 5.74) is 2.61. The molecule has 0 bridgehead atoms. The lowest BCUT2D eigenvalue weighted by atomic mass is 9.91. The molecule has 0 aliphatic carbocycles. The predicted molar refractivity (Wildman–Crippen MR) is 127 cm³/mol. The summed E-state index contributed by atoms with van der Waals surface area (Å²) >= 11 is 6.15. The van der Waals surface area contributed by atoms with E-state index in [2.05, 4.69) is 25.9 Å². The summed E-state index contributed by atoms with van der Waals surface area (Å²) in [7, 11) is 3.21. The minimum Gasteiger partial charge on any atom is -0.493 e. The van der Waals surface area contributed by atoms with Gasteiger partial charge in [0, 0.05) is 30.0 Å². The number of rotatable bonds is 8. The first-order valence-corrected chi connectivity index (χ1v) is 11.0. The minimum absolute atomic E-state index is 0.0839. The Kier molecular flexibility index (Phi) is 7.67. The van der Waals surface area contributed by atoms with Gasteiger partial charge in [0.15, 0.2) is 17.6 Å². The normalized spacial score (nSPS) is 15.7. The molecule has 1 atom stereocenters. The van der Waals surface area contributed by atoms with Gasteiger partial charge in [0.05, 0.1) is 26.5 Å². The Bertz CT molecular complexity index is 984. The molecule has 0 spiro atoms. The van der Waals surface area contributed by atoms with Crippen LogP contribution in [0.5, 0.6) is 11.5 Å². The van der Waals surface area contributed by atoms with E-state index < -0.39 is 0 Å². The lowest BCUT2D eigenvalue weighted by Gasteiger charge is -2.28. The number of nitrogens with zero attached hydrogens (tertiary/aromatic N) is 2. The maximum absolute atomic E-state index is 13.1. The van der Waals surface area contributed by atoms with Gasteiger partial charge in [-0.2, -0.15) is 0 Å². The second-order valence-corrected chi connectivity index (χ2v) is 9.62. The standard InChI is InChI=1S/C25H31ClN2O4/c1-25(2,3)14-24(29)28(15-17-7-6-8-19(26)11-17)16-20-13-21(27-32-20)18-9-10-22(30-4)23(12-18)31-5/h6-12,20H,13-16H2,1-5H3. The minimum atomic E-state index is -0.221. The van der Waals surface area contributed by atoms with Crippen LogP contribution in [0.15, 0.2) is 47.6 Å². The third kappa shape index (κ3) is 6.39. The maximum atomic E-state index is 13.1. The molecule has 32 heavy (non-hydrogen) atoms. The van der Waals surface area contributed by atoms with Crippen molar-refractivity contribution in [1.29, 1.82) is 0 Å². The monoisotopic (exact) mass is 458 g/mol. The lowest BCUT2D eigenvalue weighted by Crippen LogP contribution is -2.38. The van der Waals surface area contributed by atoms with E-state index in [0.717, 1.165) is 16.8 Å². The average molecular weight is 459 g/mol. The number of halogens is 1. The van der Waals surface area contributed by atoms with Crippen molar-refractivity contribution in [2.75, 3.05) is 20.8 Å². The number of ether oxygens (including phenoxy) is 2. The zero-order valence-corrected chi connectivity index (χ0v) is 20.1. The Hall–Kier alpha value is -2.73. The van der Waals surface area contributed by atoms with Crippen molar-refractivity contribution in [3.05, 3.63) is 58.6 Å². The van der Waals surface area contributed by atoms with E-state index in [1.54, 1.807) is 14.2 Å². The molecule has 0 radical (unpaired) electrons. The van der Waals surface area contributed by atoms with Crippen molar-refractivity contribution in [1.82, 2.24) is 4.90 Å². The van der Waals surface area contributed by atoms with Crippen molar-refractivity contribution in [2.45, 2.75) is 46.3 Å². The van der Waals surface area contributed by atoms with Gasteiger partial charge >= 0.3 is 0 Å². The number of hydrogen-bond donors (Lipinski definition) is 0. The van der Waals surface area contributed by atoms with Crippen LogP contribution in [-0.2, 0) is 16.2 Å². The summed E-state index contributed by atoms with van der Waals surface area (Å²) < 4.78 is 10.7. The highest BCUT2D eigenvalue weighted by atomic mass is 35.5. The third-order valence-corrected chi connectivity index (χ3v) is 5.41. The highest BCUT2D eigenvalue weighted by Crippen LogP contribution is 2.30. The first-order chi connectivity index (χ1) is 15.2. The van der Waals surface area contributed by atoms with Crippen LogP contribution in [0.4, 0.5) is 0 Å². The summed E-state index contributed by atoms with van der Waals surface area (Å²) in [6.45, 7) is 7.11. The zero-order valence-electron chi connectivity index (χ0n) is 19.4. The molecule has 1 amide bonds. The Morgan fingerprint density at radius 1 is 1.16 bits per heavy atom. The van der Waals surface area contributed by atoms with Crippen LogP contribution < -0.4 is 9.47 Å². The van der Waals surface area contributed by atoms with Crippen LogP contribution in [0.2, 0.25) is 5.02 Å².